The Bertz CT molecular complexity index is 2950. The molecule has 0 fully saturated rings. The molecule has 0 amide bonds. The zero-order valence-corrected chi connectivity index (χ0v) is 27.9. The van der Waals surface area contributed by atoms with Crippen LogP contribution in [0.5, 0.6) is 0 Å². The van der Waals surface area contributed by atoms with Crippen molar-refractivity contribution in [1.82, 2.24) is 14.5 Å². The fourth-order valence-electron chi connectivity index (χ4n) is 7.44. The molecule has 10 rings (SSSR count). The number of aromatic nitrogens is 3. The molecule has 5 nitrogen and oxygen atoms in total. The van der Waals surface area contributed by atoms with E-state index in [4.69, 9.17) is 14.4 Å². The fraction of sp³-hybridized carbons (Fsp3) is 0. The predicted molar refractivity (Wildman–Crippen MR) is 210 cm³/mol. The minimum atomic E-state index is 0.442. The SMILES string of the molecule is N#Cc1c(-c2ccccc2)nc(-c2cc(-c3ccccc3)cc(-n3c4ccccc4c4cc5c(cc43)oc3ccccc35)c2)nc1-c1ccccc1. The van der Waals surface area contributed by atoms with Crippen LogP contribution in [0.3, 0.4) is 0 Å². The molecule has 0 aliphatic carbocycles. The lowest BCUT2D eigenvalue weighted by Gasteiger charge is -2.15. The molecule has 0 saturated carbocycles. The van der Waals surface area contributed by atoms with Crippen LogP contribution in [0, 0.1) is 11.3 Å². The number of para-hydroxylation sites is 2. The van der Waals surface area contributed by atoms with E-state index < -0.39 is 0 Å². The van der Waals surface area contributed by atoms with Crippen molar-refractivity contribution in [2.24, 2.45) is 0 Å². The first-order chi connectivity index (χ1) is 25.7. The van der Waals surface area contributed by atoms with Gasteiger partial charge in [-0.25, -0.2) is 9.97 Å². The van der Waals surface area contributed by atoms with Crippen molar-refractivity contribution in [3.8, 4) is 56.8 Å². The van der Waals surface area contributed by atoms with Gasteiger partial charge in [0.05, 0.1) is 22.4 Å². The summed E-state index contributed by atoms with van der Waals surface area (Å²) >= 11 is 0. The van der Waals surface area contributed by atoms with Crippen molar-refractivity contribution in [2.75, 3.05) is 0 Å². The Morgan fingerprint density at radius 2 is 1.02 bits per heavy atom. The highest BCUT2D eigenvalue weighted by Crippen LogP contribution is 2.40. The Labute approximate surface area is 299 Å². The lowest BCUT2D eigenvalue weighted by atomic mass is 9.98. The zero-order chi connectivity index (χ0) is 34.6. The number of hydrogen-bond acceptors (Lipinski definition) is 4. The van der Waals surface area contributed by atoms with Crippen molar-refractivity contribution in [1.29, 1.82) is 5.26 Å². The Morgan fingerprint density at radius 1 is 0.442 bits per heavy atom. The van der Waals surface area contributed by atoms with Crippen molar-refractivity contribution >= 4 is 43.7 Å². The predicted octanol–water partition coefficient (Wildman–Crippen LogP) is 12.0. The van der Waals surface area contributed by atoms with E-state index >= 15 is 0 Å². The highest BCUT2D eigenvalue weighted by Gasteiger charge is 2.21. The lowest BCUT2D eigenvalue weighted by molar-refractivity contribution is 0.669. The molecule has 0 atom stereocenters. The van der Waals surface area contributed by atoms with E-state index in [1.54, 1.807) is 0 Å². The van der Waals surface area contributed by atoms with E-state index in [0.29, 0.717) is 22.8 Å². The molecule has 0 N–H and O–H groups in total. The summed E-state index contributed by atoms with van der Waals surface area (Å²) < 4.78 is 8.72. The number of nitrogens with zero attached hydrogens (tertiary/aromatic N) is 4. The monoisotopic (exact) mass is 664 g/mol. The second-order valence-corrected chi connectivity index (χ2v) is 12.9. The van der Waals surface area contributed by atoms with Gasteiger partial charge in [-0.1, -0.05) is 127 Å². The third-order valence-corrected chi connectivity index (χ3v) is 9.83. The van der Waals surface area contributed by atoms with E-state index in [2.05, 4.69) is 102 Å². The van der Waals surface area contributed by atoms with E-state index in [1.807, 2.05) is 78.9 Å². The Hall–Kier alpha value is -7.29. The van der Waals surface area contributed by atoms with Gasteiger partial charge in [-0.15, -0.1) is 0 Å². The number of rotatable bonds is 5. The summed E-state index contributed by atoms with van der Waals surface area (Å²) in [5, 5.41) is 15.0. The maximum Gasteiger partial charge on any atom is 0.160 e. The average molecular weight is 665 g/mol. The van der Waals surface area contributed by atoms with Crippen LogP contribution in [0.25, 0.3) is 94.5 Å². The summed E-state index contributed by atoms with van der Waals surface area (Å²) in [5.74, 6) is 0.538. The van der Waals surface area contributed by atoms with E-state index in [-0.39, 0.29) is 0 Å². The van der Waals surface area contributed by atoms with Crippen molar-refractivity contribution < 1.29 is 4.42 Å². The first kappa shape index (κ1) is 29.6. The summed E-state index contributed by atoms with van der Waals surface area (Å²) in [7, 11) is 0. The molecule has 0 aliphatic rings. The summed E-state index contributed by atoms with van der Waals surface area (Å²) in [6.45, 7) is 0. The minimum absolute atomic E-state index is 0.442. The van der Waals surface area contributed by atoms with Crippen molar-refractivity contribution in [3.05, 3.63) is 175 Å². The summed E-state index contributed by atoms with van der Waals surface area (Å²) in [4.78, 5) is 10.3. The highest BCUT2D eigenvalue weighted by molar-refractivity contribution is 6.17. The lowest BCUT2D eigenvalue weighted by Crippen LogP contribution is -2.02. The molecule has 0 radical (unpaired) electrons. The molecule has 0 spiro atoms. The first-order valence-corrected chi connectivity index (χ1v) is 17.2. The van der Waals surface area contributed by atoms with E-state index in [0.717, 1.165) is 77.2 Å². The molecular formula is C47H28N4O. The van der Waals surface area contributed by atoms with Crippen LogP contribution in [0.15, 0.2) is 174 Å². The largest absolute Gasteiger partial charge is 0.456 e. The minimum Gasteiger partial charge on any atom is -0.456 e. The second-order valence-electron chi connectivity index (χ2n) is 12.9. The molecule has 0 unspecified atom stereocenters. The molecule has 10 aromatic rings. The van der Waals surface area contributed by atoms with Gasteiger partial charge in [0.1, 0.15) is 22.8 Å². The molecule has 5 heteroatoms. The molecule has 3 heterocycles. The average Bonchev–Trinajstić information content (AvgIpc) is 3.75. The Kier molecular flexibility index (Phi) is 6.80. The molecule has 242 valence electrons. The highest BCUT2D eigenvalue weighted by atomic mass is 16.3. The fourth-order valence-corrected chi connectivity index (χ4v) is 7.44. The molecule has 0 aliphatic heterocycles. The molecule has 52 heavy (non-hydrogen) atoms. The standard InChI is InChI=1S/C47H28N4O/c48-29-40-45(31-16-6-2-7-17-31)49-47(50-46(40)32-18-8-3-9-19-32)34-24-33(30-14-4-1-5-15-30)25-35(26-34)51-41-22-12-10-20-36(41)38-27-39-37-21-11-13-23-43(37)52-44(39)28-42(38)51/h1-28H. The molecule has 7 aromatic carbocycles. The Balaban J connectivity index is 1.28. The van der Waals surface area contributed by atoms with Crippen LogP contribution in [0.4, 0.5) is 0 Å². The summed E-state index contributed by atoms with van der Waals surface area (Å²) in [5.41, 5.74) is 11.1. The van der Waals surface area contributed by atoms with Gasteiger partial charge in [0.2, 0.25) is 0 Å². The number of fused-ring (bicyclic) bond motifs is 6. The van der Waals surface area contributed by atoms with Gasteiger partial charge in [-0.05, 0) is 47.5 Å². The summed E-state index contributed by atoms with van der Waals surface area (Å²) in [6.07, 6.45) is 0. The second kappa shape index (κ2) is 11.9. The number of furan rings is 1. The van der Waals surface area contributed by atoms with Crippen LogP contribution in [-0.2, 0) is 0 Å². The van der Waals surface area contributed by atoms with Crippen LogP contribution >= 0.6 is 0 Å². The van der Waals surface area contributed by atoms with Crippen molar-refractivity contribution in [2.45, 2.75) is 0 Å². The van der Waals surface area contributed by atoms with Gasteiger partial charge in [-0.2, -0.15) is 5.26 Å². The summed E-state index contributed by atoms with van der Waals surface area (Å²) in [6, 6.07) is 60.3. The van der Waals surface area contributed by atoms with Gasteiger partial charge >= 0.3 is 0 Å². The number of hydrogen-bond donors (Lipinski definition) is 0. The third kappa shape index (κ3) is 4.78. The van der Waals surface area contributed by atoms with Crippen LogP contribution in [0.1, 0.15) is 5.56 Å². The van der Waals surface area contributed by atoms with Crippen LogP contribution in [0.2, 0.25) is 0 Å². The molecule has 3 aromatic heterocycles. The quantitative estimate of drug-likeness (QED) is 0.184. The maximum absolute atomic E-state index is 10.5. The smallest absolute Gasteiger partial charge is 0.160 e. The van der Waals surface area contributed by atoms with Gasteiger partial charge in [-0.3, -0.25) is 0 Å². The van der Waals surface area contributed by atoms with Crippen LogP contribution in [-0.4, -0.2) is 14.5 Å². The first-order valence-electron chi connectivity index (χ1n) is 17.2. The number of nitriles is 1. The zero-order valence-electron chi connectivity index (χ0n) is 27.9. The maximum atomic E-state index is 10.5. The molecule has 0 saturated heterocycles. The van der Waals surface area contributed by atoms with Gasteiger partial charge in [0.25, 0.3) is 0 Å². The van der Waals surface area contributed by atoms with Gasteiger partial charge in [0, 0.05) is 50.0 Å². The van der Waals surface area contributed by atoms with Gasteiger partial charge < -0.3 is 8.98 Å². The normalized spacial score (nSPS) is 11.4. The van der Waals surface area contributed by atoms with E-state index in [9.17, 15) is 5.26 Å². The van der Waals surface area contributed by atoms with Crippen LogP contribution < -0.4 is 0 Å². The molecule has 0 bridgehead atoms. The third-order valence-electron chi connectivity index (χ3n) is 9.83. The Morgan fingerprint density at radius 3 is 1.69 bits per heavy atom. The van der Waals surface area contributed by atoms with E-state index in [1.165, 1.54) is 0 Å². The van der Waals surface area contributed by atoms with Gasteiger partial charge in [0.15, 0.2) is 5.82 Å². The molecular weight excluding hydrogens is 637 g/mol. The number of benzene rings is 7. The van der Waals surface area contributed by atoms with Crippen molar-refractivity contribution in [3.63, 3.8) is 0 Å². The topological polar surface area (TPSA) is 67.6 Å².